The molecule has 0 spiro atoms. The van der Waals surface area contributed by atoms with Crippen molar-refractivity contribution >= 4 is 23.4 Å². The van der Waals surface area contributed by atoms with Gasteiger partial charge < -0.3 is 4.74 Å². The first-order valence-corrected chi connectivity index (χ1v) is 11.0. The van der Waals surface area contributed by atoms with Crippen molar-refractivity contribution in [2.45, 2.75) is 70.7 Å². The maximum atomic E-state index is 12.4. The number of halogens is 1. The molecule has 26 heavy (non-hydrogen) atoms. The van der Waals surface area contributed by atoms with E-state index in [1.807, 2.05) is 20.8 Å². The van der Waals surface area contributed by atoms with Crippen molar-refractivity contribution < 1.29 is 4.74 Å². The molecule has 1 saturated carbocycles. The van der Waals surface area contributed by atoms with Gasteiger partial charge in [0.15, 0.2) is 0 Å². The topological polar surface area (TPSA) is 44.1 Å². The Bertz CT molecular complexity index is 632. The maximum Gasteiger partial charge on any atom is 0.287 e. The molecule has 2 rings (SSSR count). The Hall–Kier alpha value is -0.520. The molecule has 1 aliphatic rings. The molecular formula is C20H33ClN2O2S. The molecule has 0 aliphatic heterocycles. The number of aromatic nitrogens is 2. The number of rotatable bonds is 7. The zero-order valence-corrected chi connectivity index (χ0v) is 18.3. The van der Waals surface area contributed by atoms with Crippen LogP contribution in [-0.2, 0) is 10.3 Å². The SMILES string of the molecule is CC(C)COCC1CCC(CSc2cnn(C(C)(C)C)c(=O)c2Cl)CC1. The molecule has 4 nitrogen and oxygen atoms in total. The quantitative estimate of drug-likeness (QED) is 0.588. The third-order valence-corrected chi connectivity index (χ3v) is 6.50. The molecule has 1 fully saturated rings. The molecule has 1 heterocycles. The summed E-state index contributed by atoms with van der Waals surface area (Å²) in [5, 5.41) is 4.62. The number of thioether (sulfide) groups is 1. The van der Waals surface area contributed by atoms with Gasteiger partial charge in [-0.1, -0.05) is 25.4 Å². The Morgan fingerprint density at radius 1 is 1.27 bits per heavy atom. The summed E-state index contributed by atoms with van der Waals surface area (Å²) in [4.78, 5) is 13.2. The summed E-state index contributed by atoms with van der Waals surface area (Å²) in [5.41, 5.74) is -0.560. The lowest BCUT2D eigenvalue weighted by molar-refractivity contribution is 0.0631. The molecular weight excluding hydrogens is 368 g/mol. The summed E-state index contributed by atoms with van der Waals surface area (Å²) in [6.07, 6.45) is 6.67. The molecule has 0 aromatic carbocycles. The van der Waals surface area contributed by atoms with E-state index in [1.54, 1.807) is 18.0 Å². The normalized spacial score (nSPS) is 21.3. The van der Waals surface area contributed by atoms with Crippen LogP contribution in [0, 0.1) is 17.8 Å². The molecule has 6 heteroatoms. The van der Waals surface area contributed by atoms with Gasteiger partial charge in [-0.15, -0.1) is 11.8 Å². The monoisotopic (exact) mass is 400 g/mol. The van der Waals surface area contributed by atoms with Crippen LogP contribution in [0.2, 0.25) is 5.02 Å². The van der Waals surface area contributed by atoms with E-state index < -0.39 is 0 Å². The Balaban J connectivity index is 1.82. The number of nitrogens with zero attached hydrogens (tertiary/aromatic N) is 2. The second-order valence-corrected chi connectivity index (χ2v) is 10.3. The average Bonchev–Trinajstić information content (AvgIpc) is 2.56. The van der Waals surface area contributed by atoms with Crippen molar-refractivity contribution in [3.63, 3.8) is 0 Å². The highest BCUT2D eigenvalue weighted by Gasteiger charge is 2.23. The predicted molar refractivity (Wildman–Crippen MR) is 110 cm³/mol. The van der Waals surface area contributed by atoms with Gasteiger partial charge in [-0.2, -0.15) is 5.10 Å². The first-order chi connectivity index (χ1) is 12.2. The lowest BCUT2D eigenvalue weighted by Crippen LogP contribution is -2.36. The molecule has 1 aromatic heterocycles. The van der Waals surface area contributed by atoms with Crippen LogP contribution in [0.25, 0.3) is 0 Å². The molecule has 0 radical (unpaired) electrons. The van der Waals surface area contributed by atoms with Gasteiger partial charge in [0.2, 0.25) is 0 Å². The van der Waals surface area contributed by atoms with Gasteiger partial charge in [0.1, 0.15) is 5.02 Å². The van der Waals surface area contributed by atoms with Crippen LogP contribution in [-0.4, -0.2) is 28.7 Å². The van der Waals surface area contributed by atoms with Crippen LogP contribution in [0.4, 0.5) is 0 Å². The molecule has 0 unspecified atom stereocenters. The predicted octanol–water partition coefficient (Wildman–Crippen LogP) is 5.22. The highest BCUT2D eigenvalue weighted by molar-refractivity contribution is 7.99. The van der Waals surface area contributed by atoms with Gasteiger partial charge in [-0.05, 0) is 64.2 Å². The lowest BCUT2D eigenvalue weighted by atomic mass is 9.83. The zero-order valence-electron chi connectivity index (χ0n) is 16.8. The number of hydrogen-bond donors (Lipinski definition) is 0. The van der Waals surface area contributed by atoms with Gasteiger partial charge >= 0.3 is 0 Å². The minimum absolute atomic E-state index is 0.199. The number of ether oxygens (including phenoxy) is 1. The second kappa shape index (κ2) is 9.61. The summed E-state index contributed by atoms with van der Waals surface area (Å²) in [7, 11) is 0. The van der Waals surface area contributed by atoms with E-state index in [0.29, 0.717) is 22.8 Å². The van der Waals surface area contributed by atoms with E-state index in [1.165, 1.54) is 30.4 Å². The van der Waals surface area contributed by atoms with Crippen LogP contribution < -0.4 is 5.56 Å². The van der Waals surface area contributed by atoms with Crippen LogP contribution in [0.15, 0.2) is 15.9 Å². The fourth-order valence-electron chi connectivity index (χ4n) is 3.24. The molecule has 1 aromatic rings. The highest BCUT2D eigenvalue weighted by Crippen LogP contribution is 2.34. The van der Waals surface area contributed by atoms with Crippen molar-refractivity contribution in [3.05, 3.63) is 21.6 Å². The molecule has 0 atom stereocenters. The molecule has 148 valence electrons. The van der Waals surface area contributed by atoms with Crippen LogP contribution >= 0.6 is 23.4 Å². The standard InChI is InChI=1S/C20H33ClN2O2S/c1-14(2)11-25-12-15-6-8-16(9-7-15)13-26-17-10-22-23(20(3,4)5)19(24)18(17)21/h10,14-16H,6-9,11-13H2,1-5H3. The van der Waals surface area contributed by atoms with Crippen LogP contribution in [0.1, 0.15) is 60.3 Å². The van der Waals surface area contributed by atoms with E-state index in [2.05, 4.69) is 18.9 Å². The Morgan fingerprint density at radius 2 is 1.88 bits per heavy atom. The second-order valence-electron chi connectivity index (χ2n) is 8.84. The van der Waals surface area contributed by atoms with Crippen molar-refractivity contribution in [2.24, 2.45) is 17.8 Å². The van der Waals surface area contributed by atoms with E-state index in [-0.39, 0.29) is 11.1 Å². The van der Waals surface area contributed by atoms with E-state index in [0.717, 1.165) is 23.9 Å². The van der Waals surface area contributed by atoms with Crippen LogP contribution in [0.3, 0.4) is 0 Å². The summed E-state index contributed by atoms with van der Waals surface area (Å²) in [6.45, 7) is 12.0. The highest BCUT2D eigenvalue weighted by atomic mass is 35.5. The minimum Gasteiger partial charge on any atom is -0.381 e. The molecule has 0 amide bonds. The van der Waals surface area contributed by atoms with Crippen molar-refractivity contribution in [1.29, 1.82) is 0 Å². The fraction of sp³-hybridized carbons (Fsp3) is 0.800. The van der Waals surface area contributed by atoms with Crippen LogP contribution in [0.5, 0.6) is 0 Å². The summed E-state index contributed by atoms with van der Waals surface area (Å²) < 4.78 is 7.26. The largest absolute Gasteiger partial charge is 0.381 e. The zero-order chi connectivity index (χ0) is 19.3. The molecule has 0 N–H and O–H groups in total. The average molecular weight is 401 g/mol. The van der Waals surface area contributed by atoms with Crippen molar-refractivity contribution in [1.82, 2.24) is 9.78 Å². The third-order valence-electron chi connectivity index (χ3n) is 4.77. The lowest BCUT2D eigenvalue weighted by Gasteiger charge is -2.28. The maximum absolute atomic E-state index is 12.4. The smallest absolute Gasteiger partial charge is 0.287 e. The van der Waals surface area contributed by atoms with E-state index in [4.69, 9.17) is 16.3 Å². The molecule has 0 bridgehead atoms. The van der Waals surface area contributed by atoms with E-state index >= 15 is 0 Å². The fourth-order valence-corrected chi connectivity index (χ4v) is 4.62. The van der Waals surface area contributed by atoms with Gasteiger partial charge in [0.05, 0.1) is 16.6 Å². The third kappa shape index (κ3) is 6.28. The summed E-state index contributed by atoms with van der Waals surface area (Å²) in [6, 6.07) is 0. The Labute approximate surface area is 167 Å². The Kier molecular flexibility index (Phi) is 8.05. The summed E-state index contributed by atoms with van der Waals surface area (Å²) >= 11 is 7.99. The Morgan fingerprint density at radius 3 is 2.46 bits per heavy atom. The first kappa shape index (κ1) is 21.8. The van der Waals surface area contributed by atoms with Crippen molar-refractivity contribution in [3.8, 4) is 0 Å². The van der Waals surface area contributed by atoms with E-state index in [9.17, 15) is 4.79 Å². The van der Waals surface area contributed by atoms with Gasteiger partial charge in [0.25, 0.3) is 5.56 Å². The minimum atomic E-state index is -0.361. The van der Waals surface area contributed by atoms with Gasteiger partial charge in [0, 0.05) is 19.0 Å². The first-order valence-electron chi connectivity index (χ1n) is 9.67. The summed E-state index contributed by atoms with van der Waals surface area (Å²) in [5.74, 6) is 2.99. The van der Waals surface area contributed by atoms with Gasteiger partial charge in [-0.3, -0.25) is 4.79 Å². The van der Waals surface area contributed by atoms with Gasteiger partial charge in [-0.25, -0.2) is 4.68 Å². The molecule has 1 aliphatic carbocycles. The number of hydrogen-bond acceptors (Lipinski definition) is 4. The van der Waals surface area contributed by atoms with Crippen molar-refractivity contribution in [2.75, 3.05) is 19.0 Å². The molecule has 0 saturated heterocycles.